The van der Waals surface area contributed by atoms with Gasteiger partial charge in [-0.2, -0.15) is 0 Å². The van der Waals surface area contributed by atoms with Crippen LogP contribution in [0.3, 0.4) is 0 Å². The second-order valence-electron chi connectivity index (χ2n) is 6.40. The molecule has 0 fully saturated rings. The number of rotatable bonds is 4. The smallest absolute Gasteiger partial charge is 0.223 e. The number of H-pyrrole nitrogens is 1. The molecule has 4 heteroatoms. The molecule has 0 spiro atoms. The number of nitrogens with one attached hydrogen (secondary N) is 1. The van der Waals surface area contributed by atoms with Crippen molar-refractivity contribution in [3.63, 3.8) is 0 Å². The quantitative estimate of drug-likeness (QED) is 0.795. The summed E-state index contributed by atoms with van der Waals surface area (Å²) in [5.74, 6) is 0.186. The van der Waals surface area contributed by atoms with Crippen LogP contribution in [0, 0.1) is 0 Å². The summed E-state index contributed by atoms with van der Waals surface area (Å²) >= 11 is 0. The molecule has 0 aliphatic carbocycles. The Morgan fingerprint density at radius 1 is 1.08 bits per heavy atom. The Kier molecular flexibility index (Phi) is 4.34. The lowest BCUT2D eigenvalue weighted by Crippen LogP contribution is -2.40. The first-order chi connectivity index (χ1) is 12.3. The highest BCUT2D eigenvalue weighted by atomic mass is 16.2. The second-order valence-corrected chi connectivity index (χ2v) is 6.40. The van der Waals surface area contributed by atoms with Gasteiger partial charge in [0.2, 0.25) is 5.91 Å². The molecule has 4 nitrogen and oxygen atoms in total. The fourth-order valence-electron chi connectivity index (χ4n) is 3.56. The Balaban J connectivity index is 1.58. The number of aryl methyl sites for hydroxylation is 1. The maximum Gasteiger partial charge on any atom is 0.223 e. The topological polar surface area (TPSA) is 49.0 Å². The Bertz CT molecular complexity index is 842. The Morgan fingerprint density at radius 3 is 2.56 bits per heavy atom. The zero-order valence-corrected chi connectivity index (χ0v) is 14.1. The van der Waals surface area contributed by atoms with Crippen LogP contribution >= 0.6 is 0 Å². The van der Waals surface area contributed by atoms with Crippen LogP contribution in [0.2, 0.25) is 0 Å². The molecule has 126 valence electrons. The largest absolute Gasteiger partial charge is 0.348 e. The number of aromatic nitrogens is 2. The zero-order valence-electron chi connectivity index (χ0n) is 14.1. The Morgan fingerprint density at radius 2 is 1.80 bits per heavy atom. The van der Waals surface area contributed by atoms with E-state index in [1.165, 1.54) is 5.56 Å². The van der Waals surface area contributed by atoms with Crippen LogP contribution < -0.4 is 0 Å². The van der Waals surface area contributed by atoms with Crippen molar-refractivity contribution in [3.05, 3.63) is 89.5 Å². The summed E-state index contributed by atoms with van der Waals surface area (Å²) in [6.07, 6.45) is 3.85. The van der Waals surface area contributed by atoms with Crippen LogP contribution in [0.5, 0.6) is 0 Å². The highest BCUT2D eigenvalue weighted by Crippen LogP contribution is 2.33. The highest BCUT2D eigenvalue weighted by Gasteiger charge is 2.33. The van der Waals surface area contributed by atoms with Crippen molar-refractivity contribution in [3.8, 4) is 0 Å². The molecule has 1 amide bonds. The molecule has 3 aromatic rings. The van der Waals surface area contributed by atoms with E-state index in [9.17, 15) is 4.79 Å². The summed E-state index contributed by atoms with van der Waals surface area (Å²) in [7, 11) is 0. The van der Waals surface area contributed by atoms with Gasteiger partial charge in [-0.05, 0) is 17.5 Å². The highest BCUT2D eigenvalue weighted by molar-refractivity contribution is 5.78. The minimum atomic E-state index is -0.0977. The molecule has 1 aliphatic heterocycles. The standard InChI is InChI=1S/C21H21N3O/c25-19(12-11-16-7-3-1-4-8-16)24-14-13-18-20(23-15-22-18)21(24)17-9-5-2-6-10-17/h1-10,15,21H,11-14H2,(H,22,23). The molecule has 1 atom stereocenters. The van der Waals surface area contributed by atoms with Crippen LogP contribution in [0.4, 0.5) is 0 Å². The van der Waals surface area contributed by atoms with Gasteiger partial charge in [-0.3, -0.25) is 4.79 Å². The van der Waals surface area contributed by atoms with Gasteiger partial charge in [-0.15, -0.1) is 0 Å². The molecule has 25 heavy (non-hydrogen) atoms. The number of imidazole rings is 1. The number of hydrogen-bond acceptors (Lipinski definition) is 2. The van der Waals surface area contributed by atoms with Gasteiger partial charge >= 0.3 is 0 Å². The van der Waals surface area contributed by atoms with Gasteiger partial charge in [-0.1, -0.05) is 60.7 Å². The molecule has 0 bridgehead atoms. The van der Waals surface area contributed by atoms with Crippen molar-refractivity contribution in [1.82, 2.24) is 14.9 Å². The van der Waals surface area contributed by atoms with Crippen LogP contribution in [0.25, 0.3) is 0 Å². The minimum absolute atomic E-state index is 0.0977. The number of nitrogens with zero attached hydrogens (tertiary/aromatic N) is 2. The summed E-state index contributed by atoms with van der Waals surface area (Å²) in [5.41, 5.74) is 4.43. The van der Waals surface area contributed by atoms with E-state index in [1.54, 1.807) is 6.33 Å². The number of carbonyl (C=O) groups is 1. The van der Waals surface area contributed by atoms with Crippen molar-refractivity contribution in [2.75, 3.05) is 6.54 Å². The van der Waals surface area contributed by atoms with Crippen LogP contribution in [-0.2, 0) is 17.6 Å². The fourth-order valence-corrected chi connectivity index (χ4v) is 3.56. The first kappa shape index (κ1) is 15.6. The van der Waals surface area contributed by atoms with Crippen LogP contribution in [0.1, 0.15) is 35.0 Å². The van der Waals surface area contributed by atoms with Crippen molar-refractivity contribution in [2.24, 2.45) is 0 Å². The van der Waals surface area contributed by atoms with E-state index in [1.807, 2.05) is 41.3 Å². The van der Waals surface area contributed by atoms with Gasteiger partial charge in [0.05, 0.1) is 12.0 Å². The summed E-state index contributed by atoms with van der Waals surface area (Å²) < 4.78 is 0. The van der Waals surface area contributed by atoms with Gasteiger partial charge < -0.3 is 9.88 Å². The molecule has 1 aromatic heterocycles. The number of fused-ring (bicyclic) bond motifs is 1. The third-order valence-corrected chi connectivity index (χ3v) is 4.83. The summed E-state index contributed by atoms with van der Waals surface area (Å²) in [6.45, 7) is 0.725. The molecule has 1 aliphatic rings. The molecular weight excluding hydrogens is 310 g/mol. The average Bonchev–Trinajstić information content (AvgIpc) is 3.15. The summed E-state index contributed by atoms with van der Waals surface area (Å²) in [4.78, 5) is 22.7. The molecular formula is C21H21N3O. The second kappa shape index (κ2) is 6.93. The molecule has 1 N–H and O–H groups in total. The van der Waals surface area contributed by atoms with Gasteiger partial charge in [0.25, 0.3) is 0 Å². The van der Waals surface area contributed by atoms with E-state index in [-0.39, 0.29) is 11.9 Å². The molecule has 2 heterocycles. The van der Waals surface area contributed by atoms with E-state index in [4.69, 9.17) is 0 Å². The molecule has 0 saturated carbocycles. The third-order valence-electron chi connectivity index (χ3n) is 4.83. The van der Waals surface area contributed by atoms with Gasteiger partial charge in [-0.25, -0.2) is 4.98 Å². The van der Waals surface area contributed by atoms with Crippen molar-refractivity contribution >= 4 is 5.91 Å². The number of aromatic amines is 1. The number of benzene rings is 2. The zero-order chi connectivity index (χ0) is 17.1. The number of hydrogen-bond donors (Lipinski definition) is 1. The van der Waals surface area contributed by atoms with E-state index in [0.29, 0.717) is 6.42 Å². The molecule has 2 aromatic carbocycles. The normalized spacial score (nSPS) is 16.5. The van der Waals surface area contributed by atoms with Gasteiger partial charge in [0, 0.05) is 25.1 Å². The van der Waals surface area contributed by atoms with Gasteiger partial charge in [0.1, 0.15) is 6.04 Å². The predicted octanol–water partition coefficient (Wildman–Crippen LogP) is 3.52. The summed E-state index contributed by atoms with van der Waals surface area (Å²) in [6, 6.07) is 20.3. The minimum Gasteiger partial charge on any atom is -0.348 e. The van der Waals surface area contributed by atoms with Crippen molar-refractivity contribution in [2.45, 2.75) is 25.3 Å². The third kappa shape index (κ3) is 3.20. The monoisotopic (exact) mass is 331 g/mol. The Labute approximate surface area is 147 Å². The first-order valence-corrected chi connectivity index (χ1v) is 8.73. The lowest BCUT2D eigenvalue weighted by Gasteiger charge is -2.35. The lowest BCUT2D eigenvalue weighted by atomic mass is 9.95. The fraction of sp³-hybridized carbons (Fsp3) is 0.238. The number of carbonyl (C=O) groups excluding carboxylic acids is 1. The van der Waals surface area contributed by atoms with Crippen LogP contribution in [0.15, 0.2) is 67.0 Å². The van der Waals surface area contributed by atoms with Crippen LogP contribution in [-0.4, -0.2) is 27.3 Å². The summed E-state index contributed by atoms with van der Waals surface area (Å²) in [5, 5.41) is 0. The average molecular weight is 331 g/mol. The maximum absolute atomic E-state index is 13.0. The molecule has 4 rings (SSSR count). The predicted molar refractivity (Wildman–Crippen MR) is 97.1 cm³/mol. The number of amides is 1. The van der Waals surface area contributed by atoms with E-state index in [0.717, 1.165) is 36.3 Å². The van der Waals surface area contributed by atoms with E-state index < -0.39 is 0 Å². The molecule has 1 unspecified atom stereocenters. The maximum atomic E-state index is 13.0. The first-order valence-electron chi connectivity index (χ1n) is 8.73. The lowest BCUT2D eigenvalue weighted by molar-refractivity contribution is -0.133. The SMILES string of the molecule is O=C(CCc1ccccc1)N1CCc2[nH]cnc2C1c1ccccc1. The Hall–Kier alpha value is -2.88. The van der Waals surface area contributed by atoms with E-state index in [2.05, 4.69) is 34.2 Å². The molecule has 0 saturated heterocycles. The van der Waals surface area contributed by atoms with Crippen molar-refractivity contribution in [1.29, 1.82) is 0 Å². The molecule has 0 radical (unpaired) electrons. The van der Waals surface area contributed by atoms with E-state index >= 15 is 0 Å². The van der Waals surface area contributed by atoms with Crippen molar-refractivity contribution < 1.29 is 4.79 Å². The van der Waals surface area contributed by atoms with Gasteiger partial charge in [0.15, 0.2) is 0 Å².